The number of fused-ring (bicyclic) bond motifs is 1. The number of carbonyl (C=O) groups excluding carboxylic acids is 1. The summed E-state index contributed by atoms with van der Waals surface area (Å²) in [7, 11) is 0. The number of benzene rings is 3. The molecule has 0 spiro atoms. The van der Waals surface area contributed by atoms with Crippen LogP contribution in [0.4, 0.5) is 32.0 Å². The van der Waals surface area contributed by atoms with E-state index in [2.05, 4.69) is 0 Å². The molecule has 1 aliphatic heterocycles. The first-order valence-electron chi connectivity index (χ1n) is 8.99. The number of rotatable bonds is 2. The Morgan fingerprint density at radius 2 is 1.35 bits per heavy atom. The van der Waals surface area contributed by atoms with E-state index in [9.17, 15) is 31.1 Å². The first-order chi connectivity index (χ1) is 14.6. The third-order valence-corrected chi connectivity index (χ3v) is 6.08. The van der Waals surface area contributed by atoms with Crippen molar-refractivity contribution in [1.82, 2.24) is 0 Å². The highest BCUT2D eigenvalue weighted by Gasteiger charge is 2.38. The van der Waals surface area contributed by atoms with Gasteiger partial charge in [0.05, 0.1) is 16.7 Å². The normalized spacial score (nSPS) is 16.9. The lowest BCUT2D eigenvalue weighted by Gasteiger charge is -2.36. The van der Waals surface area contributed by atoms with Crippen molar-refractivity contribution in [3.63, 3.8) is 0 Å². The van der Waals surface area contributed by atoms with Gasteiger partial charge >= 0.3 is 12.4 Å². The molecule has 0 fully saturated rings. The standard InChI is InChI=1S/C22H13F6NOS/c23-21(24,25)14-6-3-5-13(11-14)20-29(16-8-4-7-15(12-16)22(26,27)28)19(30)17-9-1-2-10-18(17)31-20/h1-12,20H. The molecular formula is C22H13F6NOS. The maximum absolute atomic E-state index is 13.3. The summed E-state index contributed by atoms with van der Waals surface area (Å²) in [6.07, 6.45) is -9.23. The summed E-state index contributed by atoms with van der Waals surface area (Å²) in [6, 6.07) is 15.2. The number of hydrogen-bond acceptors (Lipinski definition) is 2. The fourth-order valence-corrected chi connectivity index (χ4v) is 4.61. The Morgan fingerprint density at radius 3 is 2.03 bits per heavy atom. The maximum Gasteiger partial charge on any atom is 0.416 e. The van der Waals surface area contributed by atoms with Gasteiger partial charge in [-0.1, -0.05) is 42.1 Å². The molecule has 0 bridgehead atoms. The van der Waals surface area contributed by atoms with Crippen LogP contribution < -0.4 is 4.90 Å². The number of hydrogen-bond donors (Lipinski definition) is 0. The molecule has 0 saturated carbocycles. The third-order valence-electron chi connectivity index (χ3n) is 4.76. The van der Waals surface area contributed by atoms with E-state index in [1.165, 1.54) is 30.3 Å². The van der Waals surface area contributed by atoms with Gasteiger partial charge in [-0.05, 0) is 48.0 Å². The van der Waals surface area contributed by atoms with Crippen LogP contribution in [0.1, 0.15) is 32.4 Å². The van der Waals surface area contributed by atoms with Crippen LogP contribution in [0.3, 0.4) is 0 Å². The van der Waals surface area contributed by atoms with Crippen LogP contribution >= 0.6 is 11.8 Å². The fourth-order valence-electron chi connectivity index (χ4n) is 3.33. The van der Waals surface area contributed by atoms with Crippen molar-refractivity contribution in [1.29, 1.82) is 0 Å². The molecule has 3 aromatic rings. The number of anilines is 1. The Bertz CT molecular complexity index is 1140. The first kappa shape index (κ1) is 21.3. The van der Waals surface area contributed by atoms with Gasteiger partial charge in [0.25, 0.3) is 5.91 Å². The Morgan fingerprint density at radius 1 is 0.742 bits per heavy atom. The number of thioether (sulfide) groups is 1. The molecule has 160 valence electrons. The SMILES string of the molecule is O=C1c2ccccc2SC(c2cccc(C(F)(F)F)c2)N1c1cccc(C(F)(F)F)c1. The van der Waals surface area contributed by atoms with Crippen LogP contribution in [0.2, 0.25) is 0 Å². The summed E-state index contributed by atoms with van der Waals surface area (Å²) < 4.78 is 79.5. The van der Waals surface area contributed by atoms with Gasteiger partial charge in [0.15, 0.2) is 0 Å². The molecular weight excluding hydrogens is 440 g/mol. The van der Waals surface area contributed by atoms with Crippen molar-refractivity contribution < 1.29 is 31.1 Å². The average molecular weight is 453 g/mol. The number of alkyl halides is 6. The molecule has 3 aromatic carbocycles. The second kappa shape index (κ2) is 7.64. The summed E-state index contributed by atoms with van der Waals surface area (Å²) in [5.74, 6) is -0.587. The molecule has 1 aliphatic rings. The van der Waals surface area contributed by atoms with Crippen molar-refractivity contribution in [2.75, 3.05) is 4.90 Å². The highest BCUT2D eigenvalue weighted by molar-refractivity contribution is 7.99. The summed E-state index contributed by atoms with van der Waals surface area (Å²) >= 11 is 1.11. The Hall–Kier alpha value is -2.94. The van der Waals surface area contributed by atoms with E-state index in [1.54, 1.807) is 18.2 Å². The van der Waals surface area contributed by atoms with Crippen molar-refractivity contribution in [3.8, 4) is 0 Å². The van der Waals surface area contributed by atoms with Gasteiger partial charge in [-0.15, -0.1) is 0 Å². The van der Waals surface area contributed by atoms with Gasteiger partial charge in [0, 0.05) is 10.6 Å². The van der Waals surface area contributed by atoms with Crippen molar-refractivity contribution in [3.05, 3.63) is 95.1 Å². The second-order valence-corrected chi connectivity index (χ2v) is 7.93. The highest BCUT2D eigenvalue weighted by atomic mass is 32.2. The summed E-state index contributed by atoms with van der Waals surface area (Å²) in [6.45, 7) is 0. The van der Waals surface area contributed by atoms with Crippen LogP contribution in [0.5, 0.6) is 0 Å². The quantitative estimate of drug-likeness (QED) is 0.383. The van der Waals surface area contributed by atoms with Crippen molar-refractivity contribution in [2.45, 2.75) is 22.6 Å². The molecule has 4 rings (SSSR count). The smallest absolute Gasteiger partial charge is 0.291 e. The lowest BCUT2D eigenvalue weighted by Crippen LogP contribution is -2.37. The Labute approximate surface area is 177 Å². The minimum atomic E-state index is -4.63. The summed E-state index contributed by atoms with van der Waals surface area (Å²) in [5.41, 5.74) is -1.48. The molecule has 1 heterocycles. The topological polar surface area (TPSA) is 20.3 Å². The van der Waals surface area contributed by atoms with Gasteiger partial charge in [-0.25, -0.2) is 0 Å². The van der Waals surface area contributed by atoms with Crippen molar-refractivity contribution >= 4 is 23.4 Å². The molecule has 0 aromatic heterocycles. The predicted octanol–water partition coefficient (Wildman–Crippen LogP) is 7.18. The highest BCUT2D eigenvalue weighted by Crippen LogP contribution is 2.48. The molecule has 0 saturated heterocycles. The van der Waals surface area contributed by atoms with E-state index < -0.39 is 34.8 Å². The molecule has 0 aliphatic carbocycles. The van der Waals surface area contributed by atoms with Gasteiger partial charge in [-0.2, -0.15) is 26.3 Å². The number of nitrogens with zero attached hydrogens (tertiary/aromatic N) is 1. The zero-order valence-electron chi connectivity index (χ0n) is 15.5. The van der Waals surface area contributed by atoms with Gasteiger partial charge < -0.3 is 0 Å². The first-order valence-corrected chi connectivity index (χ1v) is 9.87. The second-order valence-electron chi connectivity index (χ2n) is 6.81. The Balaban J connectivity index is 1.87. The van der Waals surface area contributed by atoms with E-state index in [4.69, 9.17) is 0 Å². The van der Waals surface area contributed by atoms with Gasteiger partial charge in [0.2, 0.25) is 0 Å². The molecule has 9 heteroatoms. The van der Waals surface area contributed by atoms with Crippen LogP contribution in [0.15, 0.2) is 77.7 Å². The number of carbonyl (C=O) groups is 1. The third kappa shape index (κ3) is 4.14. The minimum absolute atomic E-state index is 0.0516. The van der Waals surface area contributed by atoms with E-state index in [-0.39, 0.29) is 16.8 Å². The number of amides is 1. The monoisotopic (exact) mass is 453 g/mol. The van der Waals surface area contributed by atoms with Crippen LogP contribution in [0.25, 0.3) is 0 Å². The summed E-state index contributed by atoms with van der Waals surface area (Å²) in [4.78, 5) is 14.9. The summed E-state index contributed by atoms with van der Waals surface area (Å²) in [5, 5.41) is -0.979. The predicted molar refractivity (Wildman–Crippen MR) is 105 cm³/mol. The fraction of sp³-hybridized carbons (Fsp3) is 0.136. The molecule has 1 unspecified atom stereocenters. The zero-order chi connectivity index (χ0) is 22.4. The Kier molecular flexibility index (Phi) is 5.25. The average Bonchev–Trinajstić information content (AvgIpc) is 2.73. The van der Waals surface area contributed by atoms with E-state index in [0.717, 1.165) is 40.9 Å². The zero-order valence-corrected chi connectivity index (χ0v) is 16.4. The molecule has 2 nitrogen and oxygen atoms in total. The molecule has 1 atom stereocenters. The number of halogens is 6. The van der Waals surface area contributed by atoms with E-state index >= 15 is 0 Å². The lowest BCUT2D eigenvalue weighted by molar-refractivity contribution is -0.138. The van der Waals surface area contributed by atoms with Gasteiger partial charge in [0.1, 0.15) is 5.37 Å². The molecule has 1 amide bonds. The van der Waals surface area contributed by atoms with E-state index in [0.29, 0.717) is 4.90 Å². The lowest BCUT2D eigenvalue weighted by atomic mass is 10.1. The van der Waals surface area contributed by atoms with Crippen LogP contribution in [0, 0.1) is 0 Å². The molecule has 0 radical (unpaired) electrons. The largest absolute Gasteiger partial charge is 0.416 e. The maximum atomic E-state index is 13.3. The molecule has 0 N–H and O–H groups in total. The minimum Gasteiger partial charge on any atom is -0.291 e. The van der Waals surface area contributed by atoms with Crippen LogP contribution in [-0.4, -0.2) is 5.91 Å². The van der Waals surface area contributed by atoms with E-state index in [1.807, 2.05) is 0 Å². The van der Waals surface area contributed by atoms with Crippen molar-refractivity contribution in [2.24, 2.45) is 0 Å². The van der Waals surface area contributed by atoms with Crippen LogP contribution in [-0.2, 0) is 12.4 Å². The molecule has 31 heavy (non-hydrogen) atoms. The van der Waals surface area contributed by atoms with Gasteiger partial charge in [-0.3, -0.25) is 9.69 Å².